The summed E-state index contributed by atoms with van der Waals surface area (Å²) in [7, 11) is -3.98. The van der Waals surface area contributed by atoms with Crippen LogP contribution in [0.1, 0.15) is 5.56 Å². The minimum absolute atomic E-state index is 0.0523. The van der Waals surface area contributed by atoms with Crippen LogP contribution in [0.15, 0.2) is 53.3 Å². The molecule has 0 unspecified atom stereocenters. The number of aryl methyl sites for hydroxylation is 1. The standard InChI is InChI=1S/C15H14NO4PS/c17-15-13-3-1-2-4-14(13)22-16(15)12-7-5-11(6-8-12)9-10-21(18,19)20/h1-8H,9-10H2,(H2,18,19,20). The molecule has 0 fully saturated rings. The molecule has 0 saturated heterocycles. The Morgan fingerprint density at radius 2 is 1.73 bits per heavy atom. The summed E-state index contributed by atoms with van der Waals surface area (Å²) < 4.78 is 13.4. The molecule has 114 valence electrons. The third-order valence-corrected chi connectivity index (χ3v) is 5.27. The Bertz CT molecular complexity index is 907. The van der Waals surface area contributed by atoms with Crippen molar-refractivity contribution in [3.05, 3.63) is 64.4 Å². The Morgan fingerprint density at radius 1 is 1.05 bits per heavy atom. The summed E-state index contributed by atoms with van der Waals surface area (Å²) in [5.41, 5.74) is 1.54. The fourth-order valence-corrected chi connectivity index (χ4v) is 3.76. The van der Waals surface area contributed by atoms with Crippen molar-refractivity contribution < 1.29 is 14.4 Å². The molecule has 0 spiro atoms. The molecule has 7 heteroatoms. The summed E-state index contributed by atoms with van der Waals surface area (Å²) in [6, 6.07) is 14.6. The normalized spacial score (nSPS) is 11.9. The summed E-state index contributed by atoms with van der Waals surface area (Å²) in [6.07, 6.45) is 0.140. The SMILES string of the molecule is O=c1c2ccccc2sn1-c1ccc(CCP(=O)(O)O)cc1. The van der Waals surface area contributed by atoms with Gasteiger partial charge in [-0.3, -0.25) is 9.36 Å². The summed E-state index contributed by atoms with van der Waals surface area (Å²) in [5.74, 6) is 0. The predicted molar refractivity (Wildman–Crippen MR) is 88.0 cm³/mol. The molecule has 0 aliphatic rings. The summed E-state index contributed by atoms with van der Waals surface area (Å²) >= 11 is 1.38. The molecule has 0 aliphatic heterocycles. The van der Waals surface area contributed by atoms with E-state index in [0.717, 1.165) is 16.0 Å². The smallest absolute Gasteiger partial charge is 0.324 e. The van der Waals surface area contributed by atoms with Gasteiger partial charge in [-0.15, -0.1) is 0 Å². The summed E-state index contributed by atoms with van der Waals surface area (Å²) in [5, 5.41) is 0.693. The van der Waals surface area contributed by atoms with Gasteiger partial charge >= 0.3 is 7.60 Å². The van der Waals surface area contributed by atoms with Crippen LogP contribution in [0.5, 0.6) is 0 Å². The molecule has 1 aromatic heterocycles. The topological polar surface area (TPSA) is 79.5 Å². The van der Waals surface area contributed by atoms with Crippen LogP contribution in [0, 0.1) is 0 Å². The van der Waals surface area contributed by atoms with Crippen LogP contribution in [0.4, 0.5) is 0 Å². The minimum Gasteiger partial charge on any atom is -0.324 e. The molecule has 0 bridgehead atoms. The highest BCUT2D eigenvalue weighted by Gasteiger charge is 2.13. The minimum atomic E-state index is -3.98. The third-order valence-electron chi connectivity index (χ3n) is 3.35. The predicted octanol–water partition coefficient (Wildman–Crippen LogP) is 2.77. The average molecular weight is 335 g/mol. The van der Waals surface area contributed by atoms with E-state index in [-0.39, 0.29) is 11.7 Å². The number of nitrogens with zero attached hydrogens (tertiary/aromatic N) is 1. The van der Waals surface area contributed by atoms with Crippen molar-refractivity contribution in [1.82, 2.24) is 3.96 Å². The highest BCUT2D eigenvalue weighted by atomic mass is 32.1. The van der Waals surface area contributed by atoms with E-state index in [9.17, 15) is 9.36 Å². The van der Waals surface area contributed by atoms with Crippen LogP contribution >= 0.6 is 19.1 Å². The number of hydrogen-bond donors (Lipinski definition) is 2. The number of rotatable bonds is 4. The van der Waals surface area contributed by atoms with Crippen LogP contribution in [0.3, 0.4) is 0 Å². The molecule has 3 aromatic rings. The van der Waals surface area contributed by atoms with Crippen molar-refractivity contribution >= 4 is 29.2 Å². The molecule has 22 heavy (non-hydrogen) atoms. The van der Waals surface area contributed by atoms with Crippen LogP contribution in [-0.4, -0.2) is 19.9 Å². The molecular formula is C15H14NO4PS. The summed E-state index contributed by atoms with van der Waals surface area (Å²) in [6.45, 7) is 0. The number of hydrogen-bond acceptors (Lipinski definition) is 3. The lowest BCUT2D eigenvalue weighted by molar-refractivity contribution is 0.373. The van der Waals surface area contributed by atoms with Crippen molar-refractivity contribution in [3.63, 3.8) is 0 Å². The van der Waals surface area contributed by atoms with Gasteiger partial charge in [-0.05, 0) is 36.2 Å². The first kappa shape index (κ1) is 15.2. The number of benzene rings is 2. The molecule has 1 heterocycles. The monoisotopic (exact) mass is 335 g/mol. The van der Waals surface area contributed by atoms with Gasteiger partial charge in [0.25, 0.3) is 5.56 Å². The largest absolute Gasteiger partial charge is 0.325 e. The first-order valence-corrected chi connectivity index (χ1v) is 9.26. The molecule has 2 N–H and O–H groups in total. The Kier molecular flexibility index (Phi) is 4.02. The van der Waals surface area contributed by atoms with Gasteiger partial charge in [-0.1, -0.05) is 35.8 Å². The van der Waals surface area contributed by atoms with E-state index in [0.29, 0.717) is 11.8 Å². The average Bonchev–Trinajstić information content (AvgIpc) is 2.83. The first-order valence-electron chi connectivity index (χ1n) is 6.69. The van der Waals surface area contributed by atoms with Gasteiger partial charge in [0.15, 0.2) is 0 Å². The van der Waals surface area contributed by atoms with Gasteiger partial charge in [0.2, 0.25) is 0 Å². The quantitative estimate of drug-likeness (QED) is 0.719. The van der Waals surface area contributed by atoms with Gasteiger partial charge in [0.05, 0.1) is 21.9 Å². The Morgan fingerprint density at radius 3 is 2.36 bits per heavy atom. The molecule has 2 aromatic carbocycles. The van der Waals surface area contributed by atoms with Crippen molar-refractivity contribution in [1.29, 1.82) is 0 Å². The second kappa shape index (κ2) is 5.82. The molecule has 0 saturated carbocycles. The van der Waals surface area contributed by atoms with Gasteiger partial charge in [0, 0.05) is 0 Å². The van der Waals surface area contributed by atoms with Crippen molar-refractivity contribution in [2.45, 2.75) is 6.42 Å². The van der Waals surface area contributed by atoms with E-state index < -0.39 is 7.60 Å². The maximum absolute atomic E-state index is 12.3. The fraction of sp³-hybridized carbons (Fsp3) is 0.133. The Balaban J connectivity index is 1.90. The molecule has 0 radical (unpaired) electrons. The van der Waals surface area contributed by atoms with E-state index in [1.165, 1.54) is 11.5 Å². The Labute approximate surface area is 130 Å². The van der Waals surface area contributed by atoms with Crippen molar-refractivity contribution in [3.8, 4) is 5.69 Å². The third kappa shape index (κ3) is 3.20. The van der Waals surface area contributed by atoms with Crippen molar-refractivity contribution in [2.75, 3.05) is 6.16 Å². The maximum atomic E-state index is 12.3. The number of aromatic nitrogens is 1. The van der Waals surface area contributed by atoms with Gasteiger partial charge in [-0.25, -0.2) is 3.96 Å². The zero-order valence-electron chi connectivity index (χ0n) is 11.5. The lowest BCUT2D eigenvalue weighted by atomic mass is 10.1. The zero-order valence-corrected chi connectivity index (χ0v) is 13.3. The fourth-order valence-electron chi connectivity index (χ4n) is 2.21. The lowest BCUT2D eigenvalue weighted by Gasteiger charge is -2.05. The highest BCUT2D eigenvalue weighted by molar-refractivity contribution is 7.51. The molecule has 0 aliphatic carbocycles. The zero-order chi connectivity index (χ0) is 15.7. The van der Waals surface area contributed by atoms with E-state index in [1.807, 2.05) is 18.2 Å². The highest BCUT2D eigenvalue weighted by Crippen LogP contribution is 2.34. The molecule has 0 amide bonds. The second-order valence-electron chi connectivity index (χ2n) is 4.99. The Hall–Kier alpha value is -1.72. The second-order valence-corrected chi connectivity index (χ2v) is 7.76. The van der Waals surface area contributed by atoms with E-state index in [2.05, 4.69) is 0 Å². The van der Waals surface area contributed by atoms with Crippen LogP contribution in [0.25, 0.3) is 15.8 Å². The number of fused-ring (bicyclic) bond motifs is 1. The van der Waals surface area contributed by atoms with Gasteiger partial charge < -0.3 is 9.79 Å². The van der Waals surface area contributed by atoms with E-state index in [1.54, 1.807) is 34.3 Å². The summed E-state index contributed by atoms with van der Waals surface area (Å²) in [4.78, 5) is 30.1. The maximum Gasteiger partial charge on any atom is 0.325 e. The van der Waals surface area contributed by atoms with E-state index in [4.69, 9.17) is 9.79 Å². The first-order chi connectivity index (χ1) is 10.4. The van der Waals surface area contributed by atoms with Crippen LogP contribution in [-0.2, 0) is 11.0 Å². The molecule has 3 rings (SSSR count). The van der Waals surface area contributed by atoms with Gasteiger partial charge in [0.1, 0.15) is 0 Å². The van der Waals surface area contributed by atoms with E-state index >= 15 is 0 Å². The van der Waals surface area contributed by atoms with Crippen LogP contribution in [0.2, 0.25) is 0 Å². The molecule has 5 nitrogen and oxygen atoms in total. The van der Waals surface area contributed by atoms with Gasteiger partial charge in [-0.2, -0.15) is 0 Å². The molecule has 0 atom stereocenters. The van der Waals surface area contributed by atoms with Crippen molar-refractivity contribution in [2.24, 2.45) is 0 Å². The lowest BCUT2D eigenvalue weighted by Crippen LogP contribution is -2.10. The van der Waals surface area contributed by atoms with Crippen LogP contribution < -0.4 is 5.56 Å². The molecular weight excluding hydrogens is 321 g/mol.